The summed E-state index contributed by atoms with van der Waals surface area (Å²) in [5.74, 6) is -1.03. The number of nitrogens with zero attached hydrogens (tertiary/aromatic N) is 1. The molecule has 0 amide bonds. The van der Waals surface area contributed by atoms with Crippen LogP contribution >= 0.6 is 15.9 Å². The number of carbonyl (C=O) groups excluding carboxylic acids is 1. The van der Waals surface area contributed by atoms with E-state index in [-0.39, 0.29) is 12.5 Å². The van der Waals surface area contributed by atoms with Crippen LogP contribution in [0.25, 0.3) is 0 Å². The Morgan fingerprint density at radius 1 is 1.17 bits per heavy atom. The fraction of sp³-hybridized carbons (Fsp3) is 0.200. The standard InChI is InChI=1S/C15H11BrF3NO3/c1-2-22-14(21)11-7-8-12(20-13(11)15(17,18)19)23-10-5-3-9(16)4-6-10/h3-8H,2H2,1H3. The van der Waals surface area contributed by atoms with Crippen molar-refractivity contribution in [1.29, 1.82) is 0 Å². The molecule has 0 spiro atoms. The van der Waals surface area contributed by atoms with Gasteiger partial charge in [0.15, 0.2) is 5.69 Å². The first-order chi connectivity index (χ1) is 10.8. The van der Waals surface area contributed by atoms with Crippen LogP contribution in [0.5, 0.6) is 11.6 Å². The van der Waals surface area contributed by atoms with Gasteiger partial charge in [-0.25, -0.2) is 9.78 Å². The van der Waals surface area contributed by atoms with Crippen molar-refractivity contribution in [2.45, 2.75) is 13.1 Å². The van der Waals surface area contributed by atoms with Crippen LogP contribution in [0.2, 0.25) is 0 Å². The molecule has 0 atom stereocenters. The summed E-state index contributed by atoms with van der Waals surface area (Å²) >= 11 is 3.24. The van der Waals surface area contributed by atoms with E-state index in [0.29, 0.717) is 5.75 Å². The molecule has 0 N–H and O–H groups in total. The Morgan fingerprint density at radius 3 is 2.39 bits per heavy atom. The molecule has 0 saturated carbocycles. The maximum absolute atomic E-state index is 13.1. The van der Waals surface area contributed by atoms with E-state index in [2.05, 4.69) is 25.7 Å². The summed E-state index contributed by atoms with van der Waals surface area (Å²) < 4.78 is 50.0. The molecule has 0 aliphatic carbocycles. The number of alkyl halides is 3. The van der Waals surface area contributed by atoms with Gasteiger partial charge in [0.1, 0.15) is 5.75 Å². The summed E-state index contributed by atoms with van der Waals surface area (Å²) in [6.45, 7) is 1.47. The van der Waals surface area contributed by atoms with Crippen LogP contribution in [0.4, 0.5) is 13.2 Å². The van der Waals surface area contributed by atoms with E-state index >= 15 is 0 Å². The van der Waals surface area contributed by atoms with E-state index in [1.807, 2.05) is 0 Å². The Morgan fingerprint density at radius 2 is 1.83 bits per heavy atom. The fourth-order valence-electron chi connectivity index (χ4n) is 1.71. The number of hydrogen-bond acceptors (Lipinski definition) is 4. The van der Waals surface area contributed by atoms with Crippen molar-refractivity contribution >= 4 is 21.9 Å². The largest absolute Gasteiger partial charge is 0.462 e. The van der Waals surface area contributed by atoms with Crippen molar-refractivity contribution < 1.29 is 27.4 Å². The maximum Gasteiger partial charge on any atom is 0.434 e. The minimum absolute atomic E-state index is 0.0344. The molecule has 2 aromatic rings. The number of esters is 1. The number of aromatic nitrogens is 1. The number of pyridine rings is 1. The van der Waals surface area contributed by atoms with E-state index in [1.165, 1.54) is 13.0 Å². The summed E-state index contributed by atoms with van der Waals surface area (Å²) in [6, 6.07) is 8.65. The van der Waals surface area contributed by atoms with Gasteiger partial charge in [-0.2, -0.15) is 13.2 Å². The molecule has 0 fully saturated rings. The van der Waals surface area contributed by atoms with Crippen molar-refractivity contribution in [2.75, 3.05) is 6.61 Å². The molecule has 122 valence electrons. The third-order valence-electron chi connectivity index (χ3n) is 2.67. The van der Waals surface area contributed by atoms with Gasteiger partial charge in [0, 0.05) is 10.5 Å². The Hall–Kier alpha value is -2.09. The third kappa shape index (κ3) is 4.44. The monoisotopic (exact) mass is 389 g/mol. The van der Waals surface area contributed by atoms with Crippen molar-refractivity contribution in [1.82, 2.24) is 4.98 Å². The second kappa shape index (κ2) is 6.99. The number of halogens is 4. The van der Waals surface area contributed by atoms with Gasteiger partial charge in [-0.05, 0) is 37.3 Å². The van der Waals surface area contributed by atoms with Crippen molar-refractivity contribution in [3.63, 3.8) is 0 Å². The minimum Gasteiger partial charge on any atom is -0.462 e. The number of ether oxygens (including phenoxy) is 2. The fourth-order valence-corrected chi connectivity index (χ4v) is 1.98. The molecule has 8 heteroatoms. The molecular formula is C15H11BrF3NO3. The molecule has 0 bridgehead atoms. The summed E-state index contributed by atoms with van der Waals surface area (Å²) in [7, 11) is 0. The Balaban J connectivity index is 2.36. The lowest BCUT2D eigenvalue weighted by Crippen LogP contribution is -2.17. The van der Waals surface area contributed by atoms with Crippen LogP contribution < -0.4 is 4.74 Å². The topological polar surface area (TPSA) is 48.4 Å². The van der Waals surface area contributed by atoms with E-state index in [4.69, 9.17) is 4.74 Å². The zero-order valence-corrected chi connectivity index (χ0v) is 13.4. The van der Waals surface area contributed by atoms with Crippen molar-refractivity contribution in [2.24, 2.45) is 0 Å². The number of carbonyl (C=O) groups is 1. The predicted octanol–water partition coefficient (Wildman–Crippen LogP) is 4.83. The molecule has 1 heterocycles. The first kappa shape index (κ1) is 17.3. The van der Waals surface area contributed by atoms with Gasteiger partial charge in [0.25, 0.3) is 0 Å². The molecule has 0 aliphatic heterocycles. The van der Waals surface area contributed by atoms with Crippen LogP contribution in [0.1, 0.15) is 23.0 Å². The number of rotatable bonds is 4. The Labute approximate surface area is 138 Å². The lowest BCUT2D eigenvalue weighted by Gasteiger charge is -2.13. The zero-order chi connectivity index (χ0) is 17.0. The quantitative estimate of drug-likeness (QED) is 0.702. The van der Waals surface area contributed by atoms with Crippen LogP contribution in [0.15, 0.2) is 40.9 Å². The molecule has 1 aromatic carbocycles. The molecule has 0 radical (unpaired) electrons. The van der Waals surface area contributed by atoms with Gasteiger partial charge in [0.2, 0.25) is 5.88 Å². The maximum atomic E-state index is 13.1. The Bertz CT molecular complexity index is 702. The molecule has 23 heavy (non-hydrogen) atoms. The highest BCUT2D eigenvalue weighted by molar-refractivity contribution is 9.10. The lowest BCUT2D eigenvalue weighted by molar-refractivity contribution is -0.141. The zero-order valence-electron chi connectivity index (χ0n) is 11.9. The molecular weight excluding hydrogens is 379 g/mol. The van der Waals surface area contributed by atoms with Gasteiger partial charge in [-0.15, -0.1) is 0 Å². The highest BCUT2D eigenvalue weighted by Crippen LogP contribution is 2.33. The van der Waals surface area contributed by atoms with E-state index in [1.54, 1.807) is 24.3 Å². The van der Waals surface area contributed by atoms with Gasteiger partial charge in [0.05, 0.1) is 12.2 Å². The molecule has 1 aromatic heterocycles. The molecule has 0 aliphatic rings. The lowest BCUT2D eigenvalue weighted by atomic mass is 10.2. The number of hydrogen-bond donors (Lipinski definition) is 0. The second-order valence-corrected chi connectivity index (χ2v) is 5.24. The van der Waals surface area contributed by atoms with Crippen molar-refractivity contribution in [3.8, 4) is 11.6 Å². The SMILES string of the molecule is CCOC(=O)c1ccc(Oc2ccc(Br)cc2)nc1C(F)(F)F. The van der Waals surface area contributed by atoms with Gasteiger partial charge < -0.3 is 9.47 Å². The van der Waals surface area contributed by atoms with E-state index in [9.17, 15) is 18.0 Å². The van der Waals surface area contributed by atoms with Crippen LogP contribution in [0.3, 0.4) is 0 Å². The van der Waals surface area contributed by atoms with E-state index in [0.717, 1.165) is 10.5 Å². The smallest absolute Gasteiger partial charge is 0.434 e. The van der Waals surface area contributed by atoms with E-state index < -0.39 is 23.4 Å². The summed E-state index contributed by atoms with van der Waals surface area (Å²) in [4.78, 5) is 15.0. The molecule has 4 nitrogen and oxygen atoms in total. The van der Waals surface area contributed by atoms with Gasteiger partial charge >= 0.3 is 12.1 Å². The highest BCUT2D eigenvalue weighted by Gasteiger charge is 2.38. The first-order valence-electron chi connectivity index (χ1n) is 6.50. The van der Waals surface area contributed by atoms with Crippen LogP contribution in [-0.2, 0) is 10.9 Å². The molecule has 0 saturated heterocycles. The summed E-state index contributed by atoms with van der Waals surface area (Å²) in [5, 5.41) is 0. The average Bonchev–Trinajstić information content (AvgIpc) is 2.49. The Kier molecular flexibility index (Phi) is 5.25. The van der Waals surface area contributed by atoms with Crippen LogP contribution in [-0.4, -0.2) is 17.6 Å². The predicted molar refractivity (Wildman–Crippen MR) is 79.4 cm³/mol. The molecule has 2 rings (SSSR count). The number of benzene rings is 1. The summed E-state index contributed by atoms with van der Waals surface area (Å²) in [5.41, 5.74) is -1.99. The highest BCUT2D eigenvalue weighted by atomic mass is 79.9. The first-order valence-corrected chi connectivity index (χ1v) is 7.29. The van der Waals surface area contributed by atoms with Crippen LogP contribution in [0, 0.1) is 0 Å². The van der Waals surface area contributed by atoms with Gasteiger partial charge in [-0.1, -0.05) is 15.9 Å². The second-order valence-electron chi connectivity index (χ2n) is 4.32. The average molecular weight is 390 g/mol. The molecule has 0 unspecified atom stereocenters. The van der Waals surface area contributed by atoms with Crippen molar-refractivity contribution in [3.05, 3.63) is 52.1 Å². The normalized spacial score (nSPS) is 11.2. The third-order valence-corrected chi connectivity index (χ3v) is 3.20. The summed E-state index contributed by atoms with van der Waals surface area (Å²) in [6.07, 6.45) is -4.80. The minimum atomic E-state index is -4.80. The van der Waals surface area contributed by atoms with Gasteiger partial charge in [-0.3, -0.25) is 0 Å².